The van der Waals surface area contributed by atoms with Gasteiger partial charge in [0.05, 0.1) is 12.1 Å². The molecular formula is C13H25N5O3. The molecule has 1 amide bonds. The Labute approximate surface area is 125 Å². The molecule has 2 aliphatic heterocycles. The standard InChI is InChI=1S/C9H16N4O2.C4H9NO/c1-9(2,3)15-8(14)13-5-4-7(6-13)11-12-10;6-4-1-2-5-3-4/h7H,4-6H2,1-3H3;4-6H,1-3H2/t7-;4-/m01/s1. The Bertz CT molecular complexity index is 384. The van der Waals surface area contributed by atoms with Gasteiger partial charge in [0.15, 0.2) is 0 Å². The minimum absolute atomic E-state index is 0.0648. The van der Waals surface area contributed by atoms with E-state index >= 15 is 0 Å². The first kappa shape index (κ1) is 17.6. The monoisotopic (exact) mass is 299 g/mol. The Kier molecular flexibility index (Phi) is 6.74. The second-order valence-corrected chi connectivity index (χ2v) is 6.22. The summed E-state index contributed by atoms with van der Waals surface area (Å²) in [6.07, 6.45) is 1.24. The van der Waals surface area contributed by atoms with E-state index in [4.69, 9.17) is 15.4 Å². The van der Waals surface area contributed by atoms with Gasteiger partial charge >= 0.3 is 6.09 Å². The molecule has 8 heteroatoms. The molecular weight excluding hydrogens is 274 g/mol. The van der Waals surface area contributed by atoms with E-state index in [1.165, 1.54) is 0 Å². The molecule has 0 aromatic rings. The van der Waals surface area contributed by atoms with Crippen LogP contribution in [0, 0.1) is 0 Å². The zero-order valence-corrected chi connectivity index (χ0v) is 12.9. The third-order valence-electron chi connectivity index (χ3n) is 3.06. The fraction of sp³-hybridized carbons (Fsp3) is 0.923. The summed E-state index contributed by atoms with van der Waals surface area (Å²) in [5, 5.41) is 15.3. The Morgan fingerprint density at radius 1 is 1.48 bits per heavy atom. The molecule has 2 N–H and O–H groups in total. The maximum atomic E-state index is 11.6. The van der Waals surface area contributed by atoms with E-state index < -0.39 is 5.60 Å². The van der Waals surface area contributed by atoms with Crippen LogP contribution >= 0.6 is 0 Å². The van der Waals surface area contributed by atoms with Crippen LogP contribution in [0.2, 0.25) is 0 Å². The summed E-state index contributed by atoms with van der Waals surface area (Å²) in [5.41, 5.74) is 7.78. The molecule has 2 heterocycles. The van der Waals surface area contributed by atoms with Crippen LogP contribution in [0.25, 0.3) is 10.4 Å². The molecule has 0 unspecified atom stereocenters. The number of amides is 1. The highest BCUT2D eigenvalue weighted by Gasteiger charge is 2.28. The Morgan fingerprint density at radius 2 is 2.19 bits per heavy atom. The van der Waals surface area contributed by atoms with Crippen molar-refractivity contribution in [3.63, 3.8) is 0 Å². The summed E-state index contributed by atoms with van der Waals surface area (Å²) in [4.78, 5) is 15.9. The topological polar surface area (TPSA) is 111 Å². The number of azide groups is 1. The number of nitrogens with zero attached hydrogens (tertiary/aromatic N) is 4. The lowest BCUT2D eigenvalue weighted by Gasteiger charge is -2.24. The Balaban J connectivity index is 0.000000304. The first-order valence-corrected chi connectivity index (χ1v) is 7.22. The molecule has 2 saturated heterocycles. The lowest BCUT2D eigenvalue weighted by atomic mass is 10.2. The molecule has 2 rings (SSSR count). The van der Waals surface area contributed by atoms with Crippen LogP contribution in [-0.2, 0) is 4.74 Å². The maximum absolute atomic E-state index is 11.6. The Morgan fingerprint density at radius 3 is 2.62 bits per heavy atom. The van der Waals surface area contributed by atoms with E-state index in [9.17, 15) is 4.79 Å². The van der Waals surface area contributed by atoms with Gasteiger partial charge in [0.1, 0.15) is 5.60 Å². The number of carbonyl (C=O) groups excluding carboxylic acids is 1. The second kappa shape index (κ2) is 8.07. The molecule has 0 aliphatic carbocycles. The number of aliphatic hydroxyl groups excluding tert-OH is 1. The molecule has 0 aromatic heterocycles. The van der Waals surface area contributed by atoms with Crippen molar-refractivity contribution < 1.29 is 14.6 Å². The number of hydrogen-bond acceptors (Lipinski definition) is 5. The number of carbonyl (C=O) groups is 1. The van der Waals surface area contributed by atoms with Crippen LogP contribution in [0.5, 0.6) is 0 Å². The Hall–Kier alpha value is -1.50. The minimum Gasteiger partial charge on any atom is -0.444 e. The minimum atomic E-state index is -0.479. The average molecular weight is 299 g/mol. The molecule has 2 fully saturated rings. The third kappa shape index (κ3) is 7.17. The van der Waals surface area contributed by atoms with E-state index in [1.54, 1.807) is 4.90 Å². The van der Waals surface area contributed by atoms with Crippen LogP contribution < -0.4 is 5.32 Å². The van der Waals surface area contributed by atoms with Gasteiger partial charge in [-0.2, -0.15) is 0 Å². The predicted octanol–water partition coefficient (Wildman–Crippen LogP) is 1.65. The normalized spacial score (nSPS) is 24.9. The average Bonchev–Trinajstić information content (AvgIpc) is 2.99. The van der Waals surface area contributed by atoms with E-state index in [1.807, 2.05) is 20.8 Å². The fourth-order valence-corrected chi connectivity index (χ4v) is 2.04. The summed E-state index contributed by atoms with van der Waals surface area (Å²) in [6, 6.07) is -0.109. The van der Waals surface area contributed by atoms with E-state index in [2.05, 4.69) is 15.3 Å². The van der Waals surface area contributed by atoms with Crippen LogP contribution in [0.1, 0.15) is 33.6 Å². The molecule has 0 bridgehead atoms. The molecule has 0 aromatic carbocycles. The van der Waals surface area contributed by atoms with Gasteiger partial charge in [-0.3, -0.25) is 0 Å². The largest absolute Gasteiger partial charge is 0.444 e. The summed E-state index contributed by atoms with van der Waals surface area (Å²) in [6.45, 7) is 8.31. The van der Waals surface area contributed by atoms with Gasteiger partial charge in [-0.05, 0) is 45.7 Å². The smallest absolute Gasteiger partial charge is 0.410 e. The SMILES string of the molecule is CC(C)(C)OC(=O)N1CC[C@H](N=[N+]=[N-])C1.O[C@@H]1CCNC1. The third-order valence-corrected chi connectivity index (χ3v) is 3.06. The van der Waals surface area contributed by atoms with Crippen molar-refractivity contribution in [1.82, 2.24) is 10.2 Å². The molecule has 0 radical (unpaired) electrons. The summed E-state index contributed by atoms with van der Waals surface area (Å²) >= 11 is 0. The molecule has 21 heavy (non-hydrogen) atoms. The highest BCUT2D eigenvalue weighted by atomic mass is 16.6. The van der Waals surface area contributed by atoms with Gasteiger partial charge in [0, 0.05) is 24.5 Å². The van der Waals surface area contributed by atoms with Crippen molar-refractivity contribution in [2.75, 3.05) is 26.2 Å². The number of aliphatic hydroxyl groups is 1. The highest BCUT2D eigenvalue weighted by Crippen LogP contribution is 2.16. The van der Waals surface area contributed by atoms with Crippen LogP contribution in [0.3, 0.4) is 0 Å². The van der Waals surface area contributed by atoms with Gasteiger partial charge in [0.25, 0.3) is 0 Å². The first-order valence-electron chi connectivity index (χ1n) is 7.22. The van der Waals surface area contributed by atoms with Crippen molar-refractivity contribution in [3.8, 4) is 0 Å². The van der Waals surface area contributed by atoms with E-state index in [0.29, 0.717) is 19.5 Å². The number of ether oxygens (including phenoxy) is 1. The van der Waals surface area contributed by atoms with Crippen molar-refractivity contribution in [3.05, 3.63) is 10.4 Å². The van der Waals surface area contributed by atoms with Crippen LogP contribution in [0.15, 0.2) is 5.11 Å². The zero-order chi connectivity index (χ0) is 15.9. The van der Waals surface area contributed by atoms with Gasteiger partial charge < -0.3 is 20.1 Å². The van der Waals surface area contributed by atoms with Crippen molar-refractivity contribution in [2.45, 2.75) is 51.4 Å². The molecule has 2 atom stereocenters. The molecule has 2 aliphatic rings. The van der Waals surface area contributed by atoms with Gasteiger partial charge in [-0.25, -0.2) is 4.79 Å². The number of β-amino-alcohol motifs (C(OH)–C–C–N with tert-alkyl or cyclic N) is 1. The summed E-state index contributed by atoms with van der Waals surface area (Å²) in [7, 11) is 0. The lowest BCUT2D eigenvalue weighted by molar-refractivity contribution is 0.0293. The molecule has 120 valence electrons. The van der Waals surface area contributed by atoms with Crippen LogP contribution in [-0.4, -0.2) is 60.0 Å². The summed E-state index contributed by atoms with van der Waals surface area (Å²) in [5.74, 6) is 0. The van der Waals surface area contributed by atoms with Gasteiger partial charge in [-0.1, -0.05) is 5.11 Å². The fourth-order valence-electron chi connectivity index (χ4n) is 2.04. The zero-order valence-electron chi connectivity index (χ0n) is 12.9. The maximum Gasteiger partial charge on any atom is 0.410 e. The van der Waals surface area contributed by atoms with E-state index in [0.717, 1.165) is 19.5 Å². The van der Waals surface area contributed by atoms with Crippen LogP contribution in [0.4, 0.5) is 4.79 Å². The number of nitrogens with one attached hydrogen (secondary N) is 1. The molecule has 0 spiro atoms. The van der Waals surface area contributed by atoms with Gasteiger partial charge in [-0.15, -0.1) is 0 Å². The first-order chi connectivity index (χ1) is 9.81. The quantitative estimate of drug-likeness (QED) is 0.435. The van der Waals surface area contributed by atoms with Crippen molar-refractivity contribution >= 4 is 6.09 Å². The van der Waals surface area contributed by atoms with Gasteiger partial charge in [0.2, 0.25) is 0 Å². The van der Waals surface area contributed by atoms with Crippen molar-refractivity contribution in [2.24, 2.45) is 5.11 Å². The predicted molar refractivity (Wildman–Crippen MR) is 78.9 cm³/mol. The van der Waals surface area contributed by atoms with Crippen molar-refractivity contribution in [1.29, 1.82) is 0 Å². The molecule has 8 nitrogen and oxygen atoms in total. The number of likely N-dealkylation sites (tertiary alicyclic amines) is 1. The molecule has 0 saturated carbocycles. The number of rotatable bonds is 1. The second-order valence-electron chi connectivity index (χ2n) is 6.22. The number of hydrogen-bond donors (Lipinski definition) is 2. The van der Waals surface area contributed by atoms with E-state index in [-0.39, 0.29) is 18.2 Å². The summed E-state index contributed by atoms with van der Waals surface area (Å²) < 4.78 is 5.20. The lowest BCUT2D eigenvalue weighted by Crippen LogP contribution is -2.35. The highest BCUT2D eigenvalue weighted by molar-refractivity contribution is 5.68.